The van der Waals surface area contributed by atoms with E-state index < -0.39 is 0 Å². The van der Waals surface area contributed by atoms with Gasteiger partial charge in [0.25, 0.3) is 0 Å². The maximum atomic E-state index is 5.50. The molecule has 2 atom stereocenters. The monoisotopic (exact) mass is 164 g/mol. The molecule has 4 heteroatoms. The first-order valence-electron chi connectivity index (χ1n) is 4.10. The minimum Gasteiger partial charge on any atom is -0.384 e. The Bertz CT molecular complexity index is 286. The number of nitrogens with one attached hydrogen (secondary N) is 1. The van der Waals surface area contributed by atoms with Crippen molar-refractivity contribution in [3.05, 3.63) is 12.4 Å². The molecule has 0 spiro atoms. The highest BCUT2D eigenvalue weighted by atomic mass is 15.1. The molecule has 1 aromatic heterocycles. The molecule has 0 aliphatic heterocycles. The average molecular weight is 164 g/mol. The Morgan fingerprint density at radius 2 is 2.33 bits per heavy atom. The minimum absolute atomic E-state index is 0.515. The van der Waals surface area contributed by atoms with E-state index in [4.69, 9.17) is 5.73 Å². The van der Waals surface area contributed by atoms with Crippen molar-refractivity contribution in [2.45, 2.75) is 19.4 Å². The lowest BCUT2D eigenvalue weighted by Crippen LogP contribution is -2.06. The van der Waals surface area contributed by atoms with Gasteiger partial charge in [0.15, 0.2) is 0 Å². The van der Waals surface area contributed by atoms with Crippen LogP contribution in [-0.4, -0.2) is 16.0 Å². The molecule has 0 bridgehead atoms. The Labute approximate surface area is 71.2 Å². The van der Waals surface area contributed by atoms with Crippen LogP contribution in [0.15, 0.2) is 12.4 Å². The van der Waals surface area contributed by atoms with E-state index in [0.717, 1.165) is 11.7 Å². The highest BCUT2D eigenvalue weighted by Gasteiger charge is 2.32. The normalized spacial score (nSPS) is 26.8. The van der Waals surface area contributed by atoms with Gasteiger partial charge in [0, 0.05) is 12.1 Å². The molecule has 4 nitrogen and oxygen atoms in total. The number of nitrogen functional groups attached to an aromatic ring is 1. The van der Waals surface area contributed by atoms with Gasteiger partial charge in [0.05, 0.1) is 0 Å². The lowest BCUT2D eigenvalue weighted by atomic mass is 10.4. The number of rotatable bonds is 2. The van der Waals surface area contributed by atoms with Gasteiger partial charge in [-0.1, -0.05) is 6.92 Å². The molecule has 0 radical (unpaired) electrons. The molecular formula is C8H12N4. The number of nitrogens with zero attached hydrogens (tertiary/aromatic N) is 2. The molecule has 64 valence electrons. The van der Waals surface area contributed by atoms with Crippen molar-refractivity contribution >= 4 is 11.6 Å². The predicted octanol–water partition coefficient (Wildman–Crippen LogP) is 0.879. The van der Waals surface area contributed by atoms with Crippen molar-refractivity contribution in [3.63, 3.8) is 0 Å². The first kappa shape index (κ1) is 7.34. The van der Waals surface area contributed by atoms with Crippen molar-refractivity contribution in [2.75, 3.05) is 11.1 Å². The highest BCUT2D eigenvalue weighted by molar-refractivity contribution is 5.44. The fraction of sp³-hybridized carbons (Fsp3) is 0.500. The summed E-state index contributed by atoms with van der Waals surface area (Å²) in [6, 6.07) is 2.34. The molecule has 0 aromatic carbocycles. The van der Waals surface area contributed by atoms with Crippen molar-refractivity contribution in [3.8, 4) is 0 Å². The van der Waals surface area contributed by atoms with Crippen LogP contribution in [0.2, 0.25) is 0 Å². The van der Waals surface area contributed by atoms with Crippen LogP contribution in [0, 0.1) is 5.92 Å². The second-order valence-electron chi connectivity index (χ2n) is 3.29. The van der Waals surface area contributed by atoms with Crippen molar-refractivity contribution < 1.29 is 0 Å². The van der Waals surface area contributed by atoms with Gasteiger partial charge in [-0.15, -0.1) is 0 Å². The maximum absolute atomic E-state index is 5.50. The molecular weight excluding hydrogens is 152 g/mol. The van der Waals surface area contributed by atoms with Crippen LogP contribution in [0.1, 0.15) is 13.3 Å². The molecule has 1 aliphatic carbocycles. The molecule has 2 rings (SSSR count). The van der Waals surface area contributed by atoms with Gasteiger partial charge in [-0.2, -0.15) is 0 Å². The van der Waals surface area contributed by atoms with E-state index in [1.807, 2.05) is 0 Å². The van der Waals surface area contributed by atoms with Crippen LogP contribution in [-0.2, 0) is 0 Å². The summed E-state index contributed by atoms with van der Waals surface area (Å²) in [5.74, 6) is 2.11. The summed E-state index contributed by atoms with van der Waals surface area (Å²) in [6.07, 6.45) is 2.70. The predicted molar refractivity (Wildman–Crippen MR) is 47.6 cm³/mol. The van der Waals surface area contributed by atoms with E-state index in [2.05, 4.69) is 22.2 Å². The Balaban J connectivity index is 2.03. The summed E-state index contributed by atoms with van der Waals surface area (Å²) >= 11 is 0. The van der Waals surface area contributed by atoms with Crippen molar-refractivity contribution in [2.24, 2.45) is 5.92 Å². The zero-order valence-electron chi connectivity index (χ0n) is 6.99. The number of hydrogen-bond acceptors (Lipinski definition) is 4. The SMILES string of the molecule is CC1CC1Nc1cc(N)ncn1. The third-order valence-electron chi connectivity index (χ3n) is 2.13. The molecule has 1 aliphatic rings. The molecule has 1 fully saturated rings. The van der Waals surface area contributed by atoms with E-state index in [1.165, 1.54) is 12.7 Å². The molecule has 1 saturated carbocycles. The first-order valence-corrected chi connectivity index (χ1v) is 4.10. The van der Waals surface area contributed by atoms with Crippen LogP contribution in [0.25, 0.3) is 0 Å². The van der Waals surface area contributed by atoms with E-state index in [0.29, 0.717) is 11.9 Å². The molecule has 0 amide bonds. The summed E-state index contributed by atoms with van der Waals surface area (Å²) in [6.45, 7) is 2.21. The quantitative estimate of drug-likeness (QED) is 0.681. The third kappa shape index (κ3) is 1.47. The van der Waals surface area contributed by atoms with Crippen LogP contribution in [0.4, 0.5) is 11.6 Å². The zero-order valence-corrected chi connectivity index (χ0v) is 6.99. The molecule has 1 heterocycles. The van der Waals surface area contributed by atoms with Gasteiger partial charge in [0.1, 0.15) is 18.0 Å². The lowest BCUT2D eigenvalue weighted by Gasteiger charge is -2.02. The summed E-state index contributed by atoms with van der Waals surface area (Å²) in [5.41, 5.74) is 5.50. The summed E-state index contributed by atoms with van der Waals surface area (Å²) in [5, 5.41) is 3.28. The fourth-order valence-electron chi connectivity index (χ4n) is 1.16. The summed E-state index contributed by atoms with van der Waals surface area (Å²) in [4.78, 5) is 7.87. The minimum atomic E-state index is 0.515. The van der Waals surface area contributed by atoms with Crippen LogP contribution in [0.3, 0.4) is 0 Å². The third-order valence-corrected chi connectivity index (χ3v) is 2.13. The fourth-order valence-corrected chi connectivity index (χ4v) is 1.16. The smallest absolute Gasteiger partial charge is 0.131 e. The molecule has 1 aromatic rings. The van der Waals surface area contributed by atoms with Gasteiger partial charge in [-0.3, -0.25) is 0 Å². The van der Waals surface area contributed by atoms with Crippen molar-refractivity contribution in [1.29, 1.82) is 0 Å². The summed E-state index contributed by atoms with van der Waals surface area (Å²) in [7, 11) is 0. The van der Waals surface area contributed by atoms with Crippen LogP contribution < -0.4 is 11.1 Å². The van der Waals surface area contributed by atoms with Gasteiger partial charge in [-0.05, 0) is 12.3 Å². The van der Waals surface area contributed by atoms with Crippen LogP contribution in [0.5, 0.6) is 0 Å². The number of anilines is 2. The Hall–Kier alpha value is -1.32. The van der Waals surface area contributed by atoms with Gasteiger partial charge in [0.2, 0.25) is 0 Å². The molecule has 3 N–H and O–H groups in total. The van der Waals surface area contributed by atoms with E-state index in [-0.39, 0.29) is 0 Å². The largest absolute Gasteiger partial charge is 0.384 e. The second kappa shape index (κ2) is 2.62. The standard InChI is InChI=1S/C8H12N4/c1-5-2-6(5)12-8-3-7(9)10-4-11-8/h3-6H,2H2,1H3,(H3,9,10,11,12). The first-order chi connectivity index (χ1) is 5.75. The van der Waals surface area contributed by atoms with E-state index in [1.54, 1.807) is 6.07 Å². The number of aromatic nitrogens is 2. The topological polar surface area (TPSA) is 63.8 Å². The Kier molecular flexibility index (Phi) is 1.60. The zero-order chi connectivity index (χ0) is 8.55. The summed E-state index contributed by atoms with van der Waals surface area (Å²) < 4.78 is 0. The Morgan fingerprint density at radius 3 is 2.92 bits per heavy atom. The molecule has 0 saturated heterocycles. The number of hydrogen-bond donors (Lipinski definition) is 2. The van der Waals surface area contributed by atoms with E-state index >= 15 is 0 Å². The molecule has 12 heavy (non-hydrogen) atoms. The maximum Gasteiger partial charge on any atom is 0.131 e. The highest BCUT2D eigenvalue weighted by Crippen LogP contribution is 2.32. The second-order valence-corrected chi connectivity index (χ2v) is 3.29. The van der Waals surface area contributed by atoms with Gasteiger partial charge in [-0.25, -0.2) is 9.97 Å². The van der Waals surface area contributed by atoms with Crippen LogP contribution >= 0.6 is 0 Å². The number of nitrogens with two attached hydrogens (primary N) is 1. The lowest BCUT2D eigenvalue weighted by molar-refractivity contribution is 0.922. The van der Waals surface area contributed by atoms with Crippen molar-refractivity contribution in [1.82, 2.24) is 9.97 Å². The van der Waals surface area contributed by atoms with Gasteiger partial charge < -0.3 is 11.1 Å². The average Bonchev–Trinajstić information content (AvgIpc) is 2.66. The Morgan fingerprint density at radius 1 is 1.58 bits per heavy atom. The molecule has 2 unspecified atom stereocenters. The van der Waals surface area contributed by atoms with E-state index in [9.17, 15) is 0 Å². The van der Waals surface area contributed by atoms with Gasteiger partial charge >= 0.3 is 0 Å².